The minimum atomic E-state index is 0.276. The van der Waals surface area contributed by atoms with E-state index in [2.05, 4.69) is 58.5 Å². The molecule has 2 saturated heterocycles. The molecule has 3 rings (SSSR count). The first-order valence-corrected chi connectivity index (χ1v) is 11.5. The normalized spacial score (nSPS) is 20.1. The van der Waals surface area contributed by atoms with Crippen LogP contribution >= 0.6 is 0 Å². The molecule has 2 aliphatic heterocycles. The lowest BCUT2D eigenvalue weighted by atomic mass is 10.0. The van der Waals surface area contributed by atoms with Crippen LogP contribution in [0, 0.1) is 6.92 Å². The number of guanidine groups is 1. The molecular formula is C23H39N5O2. The van der Waals surface area contributed by atoms with Crippen molar-refractivity contribution in [1.82, 2.24) is 20.4 Å². The van der Waals surface area contributed by atoms with Crippen LogP contribution < -0.4 is 10.6 Å². The molecule has 0 saturated carbocycles. The Bertz CT molecular complexity index is 642. The highest BCUT2D eigenvalue weighted by Crippen LogP contribution is 2.23. The molecule has 0 bridgehead atoms. The zero-order valence-corrected chi connectivity index (χ0v) is 18.7. The van der Waals surface area contributed by atoms with Gasteiger partial charge in [-0.25, -0.2) is 0 Å². The summed E-state index contributed by atoms with van der Waals surface area (Å²) in [4.78, 5) is 9.94. The molecule has 0 radical (unpaired) electrons. The second-order valence-electron chi connectivity index (χ2n) is 8.03. The Morgan fingerprint density at radius 2 is 1.80 bits per heavy atom. The Kier molecular flexibility index (Phi) is 9.89. The van der Waals surface area contributed by atoms with Crippen LogP contribution in [0.5, 0.6) is 0 Å². The molecular weight excluding hydrogens is 378 g/mol. The summed E-state index contributed by atoms with van der Waals surface area (Å²) in [6.45, 7) is 15.2. The molecule has 0 aliphatic carbocycles. The van der Waals surface area contributed by atoms with E-state index < -0.39 is 0 Å². The van der Waals surface area contributed by atoms with Gasteiger partial charge in [-0.05, 0) is 32.4 Å². The zero-order valence-electron chi connectivity index (χ0n) is 18.7. The number of ether oxygens (including phenoxy) is 2. The third-order valence-corrected chi connectivity index (χ3v) is 5.73. The maximum Gasteiger partial charge on any atom is 0.191 e. The average Bonchev–Trinajstić information content (AvgIpc) is 2.78. The summed E-state index contributed by atoms with van der Waals surface area (Å²) in [5.41, 5.74) is 2.63. The van der Waals surface area contributed by atoms with Crippen molar-refractivity contribution in [3.8, 4) is 0 Å². The number of aryl methyl sites for hydroxylation is 1. The first-order chi connectivity index (χ1) is 14.8. The highest BCUT2D eigenvalue weighted by Gasteiger charge is 2.22. The number of morpholine rings is 2. The Hall–Kier alpha value is -1.67. The van der Waals surface area contributed by atoms with E-state index in [0.717, 1.165) is 91.2 Å². The molecule has 0 amide bonds. The van der Waals surface area contributed by atoms with Crippen molar-refractivity contribution < 1.29 is 9.47 Å². The van der Waals surface area contributed by atoms with E-state index in [1.807, 2.05) is 0 Å². The maximum absolute atomic E-state index is 5.58. The fraction of sp³-hybridized carbons (Fsp3) is 0.696. The van der Waals surface area contributed by atoms with Crippen molar-refractivity contribution in [3.63, 3.8) is 0 Å². The molecule has 2 heterocycles. The summed E-state index contributed by atoms with van der Waals surface area (Å²) in [5.74, 6) is 0.908. The predicted molar refractivity (Wildman–Crippen MR) is 122 cm³/mol. The molecule has 0 spiro atoms. The van der Waals surface area contributed by atoms with Gasteiger partial charge in [0.15, 0.2) is 5.96 Å². The van der Waals surface area contributed by atoms with Gasteiger partial charge in [0.05, 0.1) is 39.0 Å². The van der Waals surface area contributed by atoms with Crippen molar-refractivity contribution in [2.24, 2.45) is 4.99 Å². The van der Waals surface area contributed by atoms with Crippen LogP contribution in [-0.2, 0) is 9.47 Å². The van der Waals surface area contributed by atoms with Gasteiger partial charge in [0.1, 0.15) is 0 Å². The molecule has 1 aromatic rings. The maximum atomic E-state index is 5.58. The van der Waals surface area contributed by atoms with Crippen molar-refractivity contribution in [3.05, 3.63) is 35.4 Å². The quantitative estimate of drug-likeness (QED) is 0.362. The molecule has 7 nitrogen and oxygen atoms in total. The van der Waals surface area contributed by atoms with Crippen LogP contribution in [0.4, 0.5) is 0 Å². The lowest BCUT2D eigenvalue weighted by Gasteiger charge is -2.34. The summed E-state index contributed by atoms with van der Waals surface area (Å²) < 4.78 is 11.0. The Labute approximate surface area is 181 Å². The second kappa shape index (κ2) is 12.9. The van der Waals surface area contributed by atoms with E-state index in [9.17, 15) is 0 Å². The summed E-state index contributed by atoms with van der Waals surface area (Å²) in [6, 6.07) is 9.10. The summed E-state index contributed by atoms with van der Waals surface area (Å²) >= 11 is 0. The lowest BCUT2D eigenvalue weighted by Crippen LogP contribution is -2.42. The van der Waals surface area contributed by atoms with Gasteiger partial charge in [0.2, 0.25) is 0 Å². The third kappa shape index (κ3) is 7.54. The highest BCUT2D eigenvalue weighted by molar-refractivity contribution is 5.79. The monoisotopic (exact) mass is 417 g/mol. The smallest absolute Gasteiger partial charge is 0.191 e. The second-order valence-corrected chi connectivity index (χ2v) is 8.03. The van der Waals surface area contributed by atoms with Crippen LogP contribution in [0.1, 0.15) is 30.5 Å². The van der Waals surface area contributed by atoms with E-state index in [1.54, 1.807) is 0 Å². The van der Waals surface area contributed by atoms with Gasteiger partial charge in [0, 0.05) is 39.3 Å². The standard InChI is InChI=1S/C23H39N5O2/c1-3-24-23(25-8-5-9-27-10-14-29-15-11-27)26-19-22(28-12-16-30-17-13-28)21-7-4-6-20(2)18-21/h4,6-7,18,22H,3,5,8-17,19H2,1-2H3,(H2,24,25,26). The van der Waals surface area contributed by atoms with Crippen LogP contribution in [0.25, 0.3) is 0 Å². The van der Waals surface area contributed by atoms with Crippen molar-refractivity contribution >= 4 is 5.96 Å². The van der Waals surface area contributed by atoms with Gasteiger partial charge >= 0.3 is 0 Å². The number of aliphatic imine (C=N–C) groups is 1. The molecule has 30 heavy (non-hydrogen) atoms. The molecule has 7 heteroatoms. The molecule has 2 aliphatic rings. The largest absolute Gasteiger partial charge is 0.379 e. The van der Waals surface area contributed by atoms with Crippen LogP contribution in [0.15, 0.2) is 29.3 Å². The minimum Gasteiger partial charge on any atom is -0.379 e. The van der Waals surface area contributed by atoms with Gasteiger partial charge in [-0.15, -0.1) is 0 Å². The van der Waals surface area contributed by atoms with Gasteiger partial charge in [0.25, 0.3) is 0 Å². The Morgan fingerprint density at radius 3 is 2.50 bits per heavy atom. The minimum absolute atomic E-state index is 0.276. The first-order valence-electron chi connectivity index (χ1n) is 11.5. The molecule has 1 unspecified atom stereocenters. The predicted octanol–water partition coefficient (Wildman–Crippen LogP) is 1.65. The number of hydrogen-bond acceptors (Lipinski definition) is 5. The molecule has 2 N–H and O–H groups in total. The van der Waals surface area contributed by atoms with Crippen molar-refractivity contribution in [2.75, 3.05) is 78.8 Å². The average molecular weight is 418 g/mol. The van der Waals surface area contributed by atoms with Gasteiger partial charge in [-0.3, -0.25) is 14.8 Å². The van der Waals surface area contributed by atoms with Crippen LogP contribution in [0.3, 0.4) is 0 Å². The number of nitrogens with zero attached hydrogens (tertiary/aromatic N) is 3. The molecule has 2 fully saturated rings. The Morgan fingerprint density at radius 1 is 1.07 bits per heavy atom. The number of benzene rings is 1. The first kappa shape index (κ1) is 23.0. The SMILES string of the molecule is CCNC(=NCC(c1cccc(C)c1)N1CCOCC1)NCCCN1CCOCC1. The van der Waals surface area contributed by atoms with Gasteiger partial charge in [-0.2, -0.15) is 0 Å². The summed E-state index contributed by atoms with van der Waals surface area (Å²) in [5, 5.41) is 6.92. The molecule has 0 aromatic heterocycles. The van der Waals surface area contributed by atoms with Crippen molar-refractivity contribution in [1.29, 1.82) is 0 Å². The molecule has 168 valence electrons. The summed E-state index contributed by atoms with van der Waals surface area (Å²) in [7, 11) is 0. The van der Waals surface area contributed by atoms with E-state index in [1.165, 1.54) is 11.1 Å². The topological polar surface area (TPSA) is 61.4 Å². The van der Waals surface area contributed by atoms with Gasteiger partial charge < -0.3 is 20.1 Å². The van der Waals surface area contributed by atoms with Gasteiger partial charge in [-0.1, -0.05) is 29.8 Å². The molecule has 1 aromatic carbocycles. The fourth-order valence-corrected chi connectivity index (χ4v) is 4.05. The van der Waals surface area contributed by atoms with E-state index in [0.29, 0.717) is 0 Å². The van der Waals surface area contributed by atoms with Crippen LogP contribution in [-0.4, -0.2) is 94.5 Å². The molecule has 1 atom stereocenters. The highest BCUT2D eigenvalue weighted by atomic mass is 16.5. The zero-order chi connectivity index (χ0) is 21.0. The lowest BCUT2D eigenvalue weighted by molar-refractivity contribution is 0.0179. The number of nitrogens with one attached hydrogen (secondary N) is 2. The van der Waals surface area contributed by atoms with E-state index in [4.69, 9.17) is 14.5 Å². The number of hydrogen-bond donors (Lipinski definition) is 2. The number of rotatable bonds is 9. The summed E-state index contributed by atoms with van der Waals surface area (Å²) in [6.07, 6.45) is 1.11. The van der Waals surface area contributed by atoms with E-state index >= 15 is 0 Å². The third-order valence-electron chi connectivity index (χ3n) is 5.73. The van der Waals surface area contributed by atoms with E-state index in [-0.39, 0.29) is 6.04 Å². The fourth-order valence-electron chi connectivity index (χ4n) is 4.05. The van der Waals surface area contributed by atoms with Crippen molar-refractivity contribution in [2.45, 2.75) is 26.3 Å². The van der Waals surface area contributed by atoms with Crippen LogP contribution in [0.2, 0.25) is 0 Å². The Balaban J connectivity index is 1.57.